The minimum Gasteiger partial charge on any atom is -0.323 e. The average molecular weight is 443 g/mol. The molecule has 0 unspecified atom stereocenters. The van der Waals surface area contributed by atoms with Crippen molar-refractivity contribution in [3.8, 4) is 0 Å². The molecule has 0 fully saturated rings. The third kappa shape index (κ3) is 4.69. The minimum absolute atomic E-state index is 0. The molecule has 3 heteroatoms. The van der Waals surface area contributed by atoms with Crippen LogP contribution in [0, 0.1) is 5.82 Å². The van der Waals surface area contributed by atoms with E-state index in [-0.39, 0.29) is 17.1 Å². The molecule has 0 aliphatic heterocycles. The van der Waals surface area contributed by atoms with Crippen molar-refractivity contribution in [2.24, 2.45) is 0 Å². The zero-order valence-electron chi connectivity index (χ0n) is 15.7. The molecule has 0 heterocycles. The monoisotopic (exact) mass is 442 g/mol. The van der Waals surface area contributed by atoms with Crippen LogP contribution >= 0.6 is 7.14 Å². The molecular weight excluding hydrogens is 423 g/mol. The summed E-state index contributed by atoms with van der Waals surface area (Å²) in [5.41, 5.74) is 2.86. The molecule has 0 saturated heterocycles. The van der Waals surface area contributed by atoms with Crippen LogP contribution in [0.4, 0.5) is 0 Å². The second kappa shape index (κ2) is 9.72. The first-order chi connectivity index (χ1) is 13.8. The molecule has 1 nitrogen and oxygen atoms in total. The molecule has 0 amide bonds. The van der Waals surface area contributed by atoms with E-state index >= 15 is 0 Å². The number of benzene rings is 4. The largest absolute Gasteiger partial charge is 1.00 e. The third-order valence-electron chi connectivity index (χ3n) is 4.63. The van der Waals surface area contributed by atoms with Crippen LogP contribution in [0.1, 0.15) is 11.1 Å². The normalized spacial score (nSPS) is 10.6. The van der Waals surface area contributed by atoms with Crippen molar-refractivity contribution in [1.29, 1.82) is 0 Å². The fraction of sp³-hybridized carbons (Fsp3) is 0. The fourth-order valence-electron chi connectivity index (χ4n) is 3.22. The van der Waals surface area contributed by atoms with Crippen LogP contribution in [0.15, 0.2) is 121 Å². The fourth-order valence-corrected chi connectivity index (χ4v) is 5.53. The quantitative estimate of drug-likeness (QED) is 0.214. The first-order valence-electron chi connectivity index (χ1n) is 9.25. The Labute approximate surface area is 183 Å². The second-order valence-electron chi connectivity index (χ2n) is 6.50. The van der Waals surface area contributed by atoms with Gasteiger partial charge in [0.15, 0.2) is 0 Å². The molecule has 0 spiro atoms. The van der Waals surface area contributed by atoms with Crippen molar-refractivity contribution >= 4 is 23.3 Å². The molecule has 29 heavy (non-hydrogen) atoms. The number of rotatable bonds is 5. The van der Waals surface area contributed by atoms with Gasteiger partial charge in [0, 0.05) is 10.6 Å². The van der Waals surface area contributed by atoms with E-state index in [1.54, 1.807) is 0 Å². The number of hydrogen-bond donors (Lipinski definition) is 0. The summed E-state index contributed by atoms with van der Waals surface area (Å²) in [7, 11) is -3.10. The van der Waals surface area contributed by atoms with Crippen molar-refractivity contribution in [3.05, 3.63) is 138 Å². The molecular formula is C26H20CuOP. The maximum absolute atomic E-state index is 14.4. The molecule has 146 valence electrons. The summed E-state index contributed by atoms with van der Waals surface area (Å²) in [5.74, 6) is 3.47. The van der Waals surface area contributed by atoms with Gasteiger partial charge in [-0.3, -0.25) is 0 Å². The van der Waals surface area contributed by atoms with Crippen LogP contribution in [0.5, 0.6) is 0 Å². The van der Waals surface area contributed by atoms with Crippen molar-refractivity contribution in [1.82, 2.24) is 0 Å². The molecule has 0 aromatic heterocycles. The average Bonchev–Trinajstić information content (AvgIpc) is 2.80. The van der Waals surface area contributed by atoms with Gasteiger partial charge in [-0.15, -0.1) is 41.2 Å². The van der Waals surface area contributed by atoms with Gasteiger partial charge in [0.25, 0.3) is 0 Å². The van der Waals surface area contributed by atoms with Gasteiger partial charge < -0.3 is 4.57 Å². The molecule has 0 aliphatic rings. The number of hydrogen-bond acceptors (Lipinski definition) is 1. The van der Waals surface area contributed by atoms with E-state index in [9.17, 15) is 4.57 Å². The Hall–Kier alpha value is -2.63. The summed E-state index contributed by atoms with van der Waals surface area (Å²) in [5, 5.41) is 1.57. The van der Waals surface area contributed by atoms with Gasteiger partial charge in [-0.2, -0.15) is 5.57 Å². The zero-order valence-corrected chi connectivity index (χ0v) is 17.5. The summed E-state index contributed by atoms with van der Waals surface area (Å²) < 4.78 is 14.4. The van der Waals surface area contributed by atoms with Crippen molar-refractivity contribution < 1.29 is 21.6 Å². The van der Waals surface area contributed by atoms with Crippen molar-refractivity contribution in [3.63, 3.8) is 0 Å². The molecule has 4 rings (SSSR count). The Kier molecular flexibility index (Phi) is 7.07. The van der Waals surface area contributed by atoms with Gasteiger partial charge in [-0.1, -0.05) is 97.1 Å². The van der Waals surface area contributed by atoms with Gasteiger partial charge in [0.05, 0.1) is 0 Å². The summed E-state index contributed by atoms with van der Waals surface area (Å²) >= 11 is 0. The maximum Gasteiger partial charge on any atom is 1.00 e. The Bertz CT molecular complexity index is 1020. The molecule has 0 N–H and O–H groups in total. The van der Waals surface area contributed by atoms with Gasteiger partial charge in [0.1, 0.15) is 7.14 Å². The van der Waals surface area contributed by atoms with Gasteiger partial charge in [-0.05, 0) is 0 Å². The standard InChI is InChI=1S/C26H20OP.Cu/c27-28(24-17-9-3-10-18-24,25-19-11-4-12-20-25)21-26(22-13-5-1-6-14-22)23-15-7-2-8-16-23;/h1-20H;/q-1;+1. The van der Waals surface area contributed by atoms with E-state index in [4.69, 9.17) is 0 Å². The predicted molar refractivity (Wildman–Crippen MR) is 118 cm³/mol. The maximum atomic E-state index is 14.4. The van der Waals surface area contributed by atoms with Crippen LogP contribution in [0.3, 0.4) is 0 Å². The molecule has 0 aliphatic carbocycles. The Morgan fingerprint density at radius 3 is 1.17 bits per heavy atom. The van der Waals surface area contributed by atoms with Gasteiger partial charge >= 0.3 is 17.1 Å². The van der Waals surface area contributed by atoms with Crippen LogP contribution < -0.4 is 10.6 Å². The Morgan fingerprint density at radius 1 is 0.517 bits per heavy atom. The molecule has 0 saturated carbocycles. The smallest absolute Gasteiger partial charge is 0.323 e. The van der Waals surface area contributed by atoms with E-state index in [2.05, 4.69) is 5.82 Å². The minimum atomic E-state index is -3.10. The van der Waals surface area contributed by atoms with E-state index in [1.165, 1.54) is 0 Å². The van der Waals surface area contributed by atoms with Gasteiger partial charge in [0.2, 0.25) is 0 Å². The molecule has 4 aromatic carbocycles. The van der Waals surface area contributed by atoms with Crippen LogP contribution in [0.25, 0.3) is 5.57 Å². The van der Waals surface area contributed by atoms with E-state index in [1.807, 2.05) is 121 Å². The third-order valence-corrected chi connectivity index (χ3v) is 7.22. The van der Waals surface area contributed by atoms with Crippen molar-refractivity contribution in [2.75, 3.05) is 0 Å². The van der Waals surface area contributed by atoms with Crippen LogP contribution in [0.2, 0.25) is 0 Å². The molecule has 0 bridgehead atoms. The topological polar surface area (TPSA) is 17.1 Å². The van der Waals surface area contributed by atoms with Crippen LogP contribution in [-0.4, -0.2) is 0 Å². The first-order valence-corrected chi connectivity index (χ1v) is 11.0. The predicted octanol–water partition coefficient (Wildman–Crippen LogP) is 5.89. The van der Waals surface area contributed by atoms with Crippen molar-refractivity contribution in [2.45, 2.75) is 0 Å². The van der Waals surface area contributed by atoms with E-state index in [0.29, 0.717) is 0 Å². The Balaban J connectivity index is 0.00000240. The Morgan fingerprint density at radius 2 is 0.828 bits per heavy atom. The zero-order chi connectivity index (χ0) is 19.2. The summed E-state index contributed by atoms with van der Waals surface area (Å²) in [6.45, 7) is 0. The van der Waals surface area contributed by atoms with E-state index < -0.39 is 7.14 Å². The van der Waals surface area contributed by atoms with Crippen LogP contribution in [-0.2, 0) is 21.6 Å². The second-order valence-corrected chi connectivity index (χ2v) is 8.97. The summed E-state index contributed by atoms with van der Waals surface area (Å²) in [6, 6.07) is 39.4. The van der Waals surface area contributed by atoms with E-state index in [0.717, 1.165) is 27.3 Å². The summed E-state index contributed by atoms with van der Waals surface area (Å²) in [6.07, 6.45) is 0. The van der Waals surface area contributed by atoms with Gasteiger partial charge in [-0.25, -0.2) is 0 Å². The molecule has 0 radical (unpaired) electrons. The molecule has 4 aromatic rings. The summed E-state index contributed by atoms with van der Waals surface area (Å²) in [4.78, 5) is 0. The molecule has 0 atom stereocenters. The first kappa shape index (κ1) is 21.1. The SMILES string of the molecule is O=P([C-]=C(c1ccccc1)c1ccccc1)(c1ccccc1)c1ccccc1.[Cu+].